The highest BCUT2D eigenvalue weighted by Crippen LogP contribution is 2.30. The van der Waals surface area contributed by atoms with E-state index in [4.69, 9.17) is 0 Å². The van der Waals surface area contributed by atoms with Gasteiger partial charge in [-0.2, -0.15) is 25.8 Å². The molecule has 0 amide bonds. The van der Waals surface area contributed by atoms with Gasteiger partial charge in [-0.15, -0.1) is 0 Å². The number of nitrogens with one attached hydrogen (secondary N) is 1. The molecule has 0 saturated heterocycles. The van der Waals surface area contributed by atoms with Crippen LogP contribution in [0.4, 0.5) is 18.9 Å². The molecule has 1 nitrogen and oxygen atoms in total. The van der Waals surface area contributed by atoms with Crippen LogP contribution < -0.4 is 5.32 Å². The first kappa shape index (κ1) is 11.2. The number of thiol groups is 1. The van der Waals surface area contributed by atoms with Crippen molar-refractivity contribution in [3.8, 4) is 0 Å². The van der Waals surface area contributed by atoms with Crippen molar-refractivity contribution < 1.29 is 13.2 Å². The van der Waals surface area contributed by atoms with Gasteiger partial charge < -0.3 is 5.32 Å². The Morgan fingerprint density at radius 1 is 1.29 bits per heavy atom. The topological polar surface area (TPSA) is 12.0 Å². The van der Waals surface area contributed by atoms with E-state index >= 15 is 0 Å². The SMILES string of the molecule is FC(F)(F)c1cccc(NCCS)c1. The maximum Gasteiger partial charge on any atom is 0.416 e. The van der Waals surface area contributed by atoms with E-state index in [1.165, 1.54) is 6.07 Å². The Labute approximate surface area is 85.7 Å². The van der Waals surface area contributed by atoms with Gasteiger partial charge in [0.25, 0.3) is 0 Å². The first-order valence-corrected chi connectivity index (χ1v) is 4.69. The summed E-state index contributed by atoms with van der Waals surface area (Å²) in [4.78, 5) is 0. The van der Waals surface area contributed by atoms with E-state index in [2.05, 4.69) is 17.9 Å². The van der Waals surface area contributed by atoms with Gasteiger partial charge in [0.15, 0.2) is 0 Å². The summed E-state index contributed by atoms with van der Waals surface area (Å²) in [5, 5.41) is 2.83. The lowest BCUT2D eigenvalue weighted by Gasteiger charge is -2.09. The third kappa shape index (κ3) is 3.14. The fourth-order valence-electron chi connectivity index (χ4n) is 1.01. The molecule has 1 N–H and O–H groups in total. The molecule has 0 aliphatic carbocycles. The first-order chi connectivity index (χ1) is 6.54. The molecule has 0 unspecified atom stereocenters. The van der Waals surface area contributed by atoms with E-state index in [0.717, 1.165) is 12.1 Å². The lowest BCUT2D eigenvalue weighted by atomic mass is 10.2. The van der Waals surface area contributed by atoms with Crippen LogP contribution >= 0.6 is 12.6 Å². The van der Waals surface area contributed by atoms with Crippen molar-refractivity contribution in [3.63, 3.8) is 0 Å². The molecule has 1 rings (SSSR count). The van der Waals surface area contributed by atoms with Gasteiger partial charge in [0.2, 0.25) is 0 Å². The molecule has 1 aromatic carbocycles. The molecule has 78 valence electrons. The zero-order valence-corrected chi connectivity index (χ0v) is 8.20. The third-order valence-corrected chi connectivity index (χ3v) is 1.85. The summed E-state index contributed by atoms with van der Waals surface area (Å²) in [5.41, 5.74) is -0.171. The van der Waals surface area contributed by atoms with Crippen LogP contribution in [0.5, 0.6) is 0 Å². The second kappa shape index (κ2) is 4.59. The summed E-state index contributed by atoms with van der Waals surface area (Å²) in [6.07, 6.45) is -4.28. The van der Waals surface area contributed by atoms with Crippen molar-refractivity contribution in [2.24, 2.45) is 0 Å². The second-order valence-electron chi connectivity index (χ2n) is 2.73. The molecule has 0 heterocycles. The van der Waals surface area contributed by atoms with Crippen molar-refractivity contribution in [3.05, 3.63) is 29.8 Å². The van der Waals surface area contributed by atoms with Gasteiger partial charge in [0.1, 0.15) is 0 Å². The molecule has 14 heavy (non-hydrogen) atoms. The average Bonchev–Trinajstić information content (AvgIpc) is 2.14. The molecule has 0 saturated carbocycles. The molecule has 0 atom stereocenters. The molecule has 1 aromatic rings. The monoisotopic (exact) mass is 221 g/mol. The van der Waals surface area contributed by atoms with Crippen molar-refractivity contribution >= 4 is 18.3 Å². The number of anilines is 1. The number of rotatable bonds is 3. The lowest BCUT2D eigenvalue weighted by Crippen LogP contribution is -2.07. The Hall–Kier alpha value is -0.840. The largest absolute Gasteiger partial charge is 0.416 e. The molecule has 0 spiro atoms. The van der Waals surface area contributed by atoms with E-state index < -0.39 is 11.7 Å². The van der Waals surface area contributed by atoms with E-state index in [-0.39, 0.29) is 0 Å². The molecule has 0 aromatic heterocycles. The van der Waals surface area contributed by atoms with Crippen molar-refractivity contribution in [1.29, 1.82) is 0 Å². The fourth-order valence-corrected chi connectivity index (χ4v) is 1.12. The highest BCUT2D eigenvalue weighted by Gasteiger charge is 2.30. The molecule has 0 aliphatic rings. The van der Waals surface area contributed by atoms with Crippen molar-refractivity contribution in [2.75, 3.05) is 17.6 Å². The third-order valence-electron chi connectivity index (χ3n) is 1.63. The average molecular weight is 221 g/mol. The standard InChI is InChI=1S/C9H10F3NS/c10-9(11,12)7-2-1-3-8(6-7)13-4-5-14/h1-3,6,13-14H,4-5H2. The summed E-state index contributed by atoms with van der Waals surface area (Å²) in [6.45, 7) is 0.546. The van der Waals surface area contributed by atoms with Crippen LogP contribution in [0, 0.1) is 0 Å². The van der Waals surface area contributed by atoms with Gasteiger partial charge in [-0.25, -0.2) is 0 Å². The molecule has 0 bridgehead atoms. The van der Waals surface area contributed by atoms with Crippen LogP contribution in [0.2, 0.25) is 0 Å². The van der Waals surface area contributed by atoms with Gasteiger partial charge in [-0.3, -0.25) is 0 Å². The number of hydrogen-bond donors (Lipinski definition) is 2. The minimum absolute atomic E-state index is 0.467. The van der Waals surface area contributed by atoms with Crippen LogP contribution in [0.25, 0.3) is 0 Å². The number of halogens is 3. The van der Waals surface area contributed by atoms with E-state index in [0.29, 0.717) is 18.0 Å². The smallest absolute Gasteiger partial charge is 0.384 e. The number of alkyl halides is 3. The summed E-state index contributed by atoms with van der Waals surface area (Å²) in [5.74, 6) is 0.580. The zero-order chi connectivity index (χ0) is 10.6. The van der Waals surface area contributed by atoms with Crippen LogP contribution in [0.15, 0.2) is 24.3 Å². The normalized spacial score (nSPS) is 11.4. The maximum atomic E-state index is 12.2. The predicted molar refractivity (Wildman–Crippen MR) is 53.8 cm³/mol. The molecule has 0 fully saturated rings. The molecule has 0 radical (unpaired) electrons. The van der Waals surface area contributed by atoms with Crippen LogP contribution in [-0.2, 0) is 6.18 Å². The van der Waals surface area contributed by atoms with Gasteiger partial charge >= 0.3 is 6.18 Å². The van der Waals surface area contributed by atoms with Gasteiger partial charge in [-0.1, -0.05) is 6.07 Å². The fraction of sp³-hybridized carbons (Fsp3) is 0.333. The Balaban J connectivity index is 2.79. The van der Waals surface area contributed by atoms with Gasteiger partial charge in [0.05, 0.1) is 5.56 Å². The molecule has 5 heteroatoms. The zero-order valence-electron chi connectivity index (χ0n) is 7.30. The Bertz CT molecular complexity index is 298. The van der Waals surface area contributed by atoms with E-state index in [1.807, 2.05) is 0 Å². The Morgan fingerprint density at radius 2 is 2.00 bits per heavy atom. The predicted octanol–water partition coefficient (Wildman–Crippen LogP) is 3.05. The lowest BCUT2D eigenvalue weighted by molar-refractivity contribution is -0.137. The highest BCUT2D eigenvalue weighted by atomic mass is 32.1. The van der Waals surface area contributed by atoms with E-state index in [9.17, 15) is 13.2 Å². The van der Waals surface area contributed by atoms with Gasteiger partial charge in [-0.05, 0) is 18.2 Å². The summed E-state index contributed by atoms with van der Waals surface area (Å²) in [7, 11) is 0. The Morgan fingerprint density at radius 3 is 2.57 bits per heavy atom. The van der Waals surface area contributed by atoms with Crippen LogP contribution in [0.1, 0.15) is 5.56 Å². The second-order valence-corrected chi connectivity index (χ2v) is 3.18. The van der Waals surface area contributed by atoms with Gasteiger partial charge in [0, 0.05) is 18.0 Å². The van der Waals surface area contributed by atoms with Crippen LogP contribution in [0.3, 0.4) is 0 Å². The number of benzene rings is 1. The quantitative estimate of drug-likeness (QED) is 0.747. The van der Waals surface area contributed by atoms with Crippen LogP contribution in [-0.4, -0.2) is 12.3 Å². The molecular weight excluding hydrogens is 211 g/mol. The minimum Gasteiger partial charge on any atom is -0.384 e. The number of hydrogen-bond acceptors (Lipinski definition) is 2. The highest BCUT2D eigenvalue weighted by molar-refractivity contribution is 7.80. The van der Waals surface area contributed by atoms with E-state index in [1.54, 1.807) is 6.07 Å². The molecule has 0 aliphatic heterocycles. The summed E-state index contributed by atoms with van der Waals surface area (Å²) < 4.78 is 36.7. The minimum atomic E-state index is -4.28. The summed E-state index contributed by atoms with van der Waals surface area (Å²) >= 11 is 3.95. The maximum absolute atomic E-state index is 12.2. The first-order valence-electron chi connectivity index (χ1n) is 4.06. The Kier molecular flexibility index (Phi) is 3.69. The van der Waals surface area contributed by atoms with Crippen molar-refractivity contribution in [2.45, 2.75) is 6.18 Å². The van der Waals surface area contributed by atoms with Crippen molar-refractivity contribution in [1.82, 2.24) is 0 Å². The summed E-state index contributed by atoms with van der Waals surface area (Å²) in [6, 6.07) is 5.11. The molecular formula is C9H10F3NS.